The largest absolute Gasteiger partial charge is 0.491 e. The third-order valence-electron chi connectivity index (χ3n) is 4.58. The zero-order valence-electron chi connectivity index (χ0n) is 15.8. The lowest BCUT2D eigenvalue weighted by molar-refractivity contribution is 0.238. The fraction of sp³-hybridized carbons (Fsp3) is 0.316. The molecule has 0 radical (unpaired) electrons. The number of rotatable bonds is 7. The maximum Gasteiger partial charge on any atom is 0.257 e. The summed E-state index contributed by atoms with van der Waals surface area (Å²) < 4.78 is 11.5. The van der Waals surface area contributed by atoms with Crippen molar-refractivity contribution in [3.63, 3.8) is 0 Å². The topological polar surface area (TPSA) is 134 Å². The second-order valence-electron chi connectivity index (χ2n) is 6.56. The van der Waals surface area contributed by atoms with Gasteiger partial charge in [-0.05, 0) is 19.0 Å². The van der Waals surface area contributed by atoms with Gasteiger partial charge in [0.2, 0.25) is 0 Å². The summed E-state index contributed by atoms with van der Waals surface area (Å²) in [6, 6.07) is 5.59. The smallest absolute Gasteiger partial charge is 0.257 e. The number of nitrogens with one attached hydrogen (secondary N) is 3. The lowest BCUT2D eigenvalue weighted by atomic mass is 10.1. The quantitative estimate of drug-likeness (QED) is 0.551. The van der Waals surface area contributed by atoms with Gasteiger partial charge in [-0.15, -0.1) is 0 Å². The molecule has 1 aliphatic rings. The van der Waals surface area contributed by atoms with Gasteiger partial charge in [-0.1, -0.05) is 0 Å². The second-order valence-corrected chi connectivity index (χ2v) is 6.56. The summed E-state index contributed by atoms with van der Waals surface area (Å²) >= 11 is 0. The number of anilines is 2. The van der Waals surface area contributed by atoms with Crippen molar-refractivity contribution in [1.29, 1.82) is 5.26 Å². The summed E-state index contributed by atoms with van der Waals surface area (Å²) in [4.78, 5) is 12.4. The first-order valence-corrected chi connectivity index (χ1v) is 9.18. The van der Waals surface area contributed by atoms with E-state index in [4.69, 9.17) is 14.7 Å². The van der Waals surface area contributed by atoms with Gasteiger partial charge < -0.3 is 20.1 Å². The van der Waals surface area contributed by atoms with Gasteiger partial charge in [0.25, 0.3) is 5.88 Å². The van der Waals surface area contributed by atoms with Gasteiger partial charge in [0.05, 0.1) is 31.8 Å². The SMILES string of the molecule is COc1c(-c2cc(Nc3cnc(C#N)cn3)n[nH]2)ccnc1OCC1CCNC1. The van der Waals surface area contributed by atoms with Crippen molar-refractivity contribution < 1.29 is 9.47 Å². The molecule has 1 unspecified atom stereocenters. The number of aromatic amines is 1. The predicted octanol–water partition coefficient (Wildman–Crippen LogP) is 1.87. The molecule has 1 fully saturated rings. The molecule has 148 valence electrons. The minimum atomic E-state index is 0.251. The van der Waals surface area contributed by atoms with Crippen LogP contribution in [0.1, 0.15) is 12.1 Å². The van der Waals surface area contributed by atoms with Crippen molar-refractivity contribution in [2.75, 3.05) is 32.1 Å². The van der Waals surface area contributed by atoms with Crippen molar-refractivity contribution >= 4 is 11.6 Å². The van der Waals surface area contributed by atoms with E-state index in [0.29, 0.717) is 35.8 Å². The molecule has 3 aromatic rings. The van der Waals surface area contributed by atoms with Crippen LogP contribution in [0.3, 0.4) is 0 Å². The Morgan fingerprint density at radius 3 is 2.93 bits per heavy atom. The Labute approximate surface area is 167 Å². The average molecular weight is 392 g/mol. The lowest BCUT2D eigenvalue weighted by Gasteiger charge is -2.14. The summed E-state index contributed by atoms with van der Waals surface area (Å²) in [5.74, 6) is 2.52. The Morgan fingerprint density at radius 2 is 2.21 bits per heavy atom. The lowest BCUT2D eigenvalue weighted by Crippen LogP contribution is -2.16. The Kier molecular flexibility index (Phi) is 5.49. The van der Waals surface area contributed by atoms with E-state index in [2.05, 4.69) is 35.8 Å². The first-order chi connectivity index (χ1) is 14.3. The van der Waals surface area contributed by atoms with Crippen LogP contribution in [-0.4, -0.2) is 52.0 Å². The predicted molar refractivity (Wildman–Crippen MR) is 105 cm³/mol. The second kappa shape index (κ2) is 8.53. The number of H-pyrrole nitrogens is 1. The average Bonchev–Trinajstić information content (AvgIpc) is 3.44. The monoisotopic (exact) mass is 392 g/mol. The van der Waals surface area contributed by atoms with Crippen LogP contribution in [0.2, 0.25) is 0 Å². The summed E-state index contributed by atoms with van der Waals surface area (Å²) in [6.45, 7) is 2.56. The number of aromatic nitrogens is 5. The highest BCUT2D eigenvalue weighted by Gasteiger charge is 2.19. The molecule has 0 saturated carbocycles. The minimum absolute atomic E-state index is 0.251. The third-order valence-corrected chi connectivity index (χ3v) is 4.58. The summed E-state index contributed by atoms with van der Waals surface area (Å²) in [5, 5.41) is 22.4. The van der Waals surface area contributed by atoms with Crippen LogP contribution < -0.4 is 20.1 Å². The fourth-order valence-corrected chi connectivity index (χ4v) is 3.10. The summed E-state index contributed by atoms with van der Waals surface area (Å²) in [5.41, 5.74) is 1.77. The van der Waals surface area contributed by atoms with Gasteiger partial charge in [-0.2, -0.15) is 10.4 Å². The molecule has 4 heterocycles. The maximum atomic E-state index is 8.80. The molecule has 1 atom stereocenters. The third kappa shape index (κ3) is 4.25. The number of methoxy groups -OCH3 is 1. The van der Waals surface area contributed by atoms with Crippen LogP contribution in [0.25, 0.3) is 11.3 Å². The van der Waals surface area contributed by atoms with E-state index in [1.54, 1.807) is 13.3 Å². The Bertz CT molecular complexity index is 1010. The van der Waals surface area contributed by atoms with E-state index < -0.39 is 0 Å². The molecule has 10 heteroatoms. The number of nitrogens with zero attached hydrogens (tertiary/aromatic N) is 5. The molecule has 0 bridgehead atoms. The molecule has 0 spiro atoms. The van der Waals surface area contributed by atoms with Crippen LogP contribution in [0.4, 0.5) is 11.6 Å². The molecule has 0 amide bonds. The van der Waals surface area contributed by atoms with E-state index in [1.165, 1.54) is 12.4 Å². The van der Waals surface area contributed by atoms with Crippen LogP contribution in [0.5, 0.6) is 11.6 Å². The zero-order chi connectivity index (χ0) is 20.1. The molecule has 0 aliphatic carbocycles. The molecule has 3 aromatic heterocycles. The van der Waals surface area contributed by atoms with Crippen molar-refractivity contribution in [2.45, 2.75) is 6.42 Å². The van der Waals surface area contributed by atoms with Crippen LogP contribution in [0, 0.1) is 17.2 Å². The van der Waals surface area contributed by atoms with Crippen molar-refractivity contribution in [1.82, 2.24) is 30.5 Å². The minimum Gasteiger partial charge on any atom is -0.491 e. The van der Waals surface area contributed by atoms with Gasteiger partial charge in [-0.3, -0.25) is 5.10 Å². The molecular formula is C19H20N8O2. The number of hydrogen-bond acceptors (Lipinski definition) is 9. The zero-order valence-corrected chi connectivity index (χ0v) is 15.8. The highest BCUT2D eigenvalue weighted by molar-refractivity contribution is 5.72. The molecule has 1 aliphatic heterocycles. The van der Waals surface area contributed by atoms with Gasteiger partial charge >= 0.3 is 0 Å². The number of hydrogen-bond donors (Lipinski definition) is 3. The number of pyridine rings is 1. The number of nitriles is 1. The van der Waals surface area contributed by atoms with Crippen LogP contribution in [0.15, 0.2) is 30.7 Å². The van der Waals surface area contributed by atoms with E-state index in [1.807, 2.05) is 18.2 Å². The van der Waals surface area contributed by atoms with Crippen LogP contribution in [-0.2, 0) is 0 Å². The molecular weight excluding hydrogens is 372 g/mol. The van der Waals surface area contributed by atoms with E-state index in [0.717, 1.165) is 30.8 Å². The van der Waals surface area contributed by atoms with Gasteiger partial charge in [0, 0.05) is 30.3 Å². The van der Waals surface area contributed by atoms with Crippen molar-refractivity contribution in [3.05, 3.63) is 36.4 Å². The van der Waals surface area contributed by atoms with E-state index in [9.17, 15) is 0 Å². The van der Waals surface area contributed by atoms with Crippen molar-refractivity contribution in [2.24, 2.45) is 5.92 Å². The van der Waals surface area contributed by atoms with Crippen LogP contribution >= 0.6 is 0 Å². The van der Waals surface area contributed by atoms with Crippen molar-refractivity contribution in [3.8, 4) is 29.0 Å². The molecule has 10 nitrogen and oxygen atoms in total. The molecule has 1 saturated heterocycles. The van der Waals surface area contributed by atoms with Gasteiger partial charge in [0.15, 0.2) is 17.3 Å². The Hall–Kier alpha value is -3.71. The fourth-order valence-electron chi connectivity index (χ4n) is 3.10. The normalized spacial score (nSPS) is 15.7. The Balaban J connectivity index is 1.51. The molecule has 3 N–H and O–H groups in total. The molecule has 29 heavy (non-hydrogen) atoms. The first kappa shape index (κ1) is 18.6. The maximum absolute atomic E-state index is 8.80. The highest BCUT2D eigenvalue weighted by Crippen LogP contribution is 2.36. The van der Waals surface area contributed by atoms with Gasteiger partial charge in [-0.25, -0.2) is 15.0 Å². The van der Waals surface area contributed by atoms with E-state index in [-0.39, 0.29) is 5.69 Å². The molecule has 4 rings (SSSR count). The Morgan fingerprint density at radius 1 is 1.28 bits per heavy atom. The first-order valence-electron chi connectivity index (χ1n) is 9.18. The number of ether oxygens (including phenoxy) is 2. The molecule has 0 aromatic carbocycles. The van der Waals surface area contributed by atoms with E-state index >= 15 is 0 Å². The van der Waals surface area contributed by atoms with Gasteiger partial charge in [0.1, 0.15) is 11.9 Å². The standard InChI is InChI=1S/C19H20N8O2/c1-28-18-14(3-5-22-19(18)29-11-12-2-4-21-8-12)15-6-16(27-26-15)25-17-10-23-13(7-20)9-24-17/h3,5-6,9-10,12,21H,2,4,8,11H2,1H3,(H2,24,25,26,27). The summed E-state index contributed by atoms with van der Waals surface area (Å²) in [7, 11) is 1.59. The highest BCUT2D eigenvalue weighted by atomic mass is 16.5. The summed E-state index contributed by atoms with van der Waals surface area (Å²) in [6.07, 6.45) is 5.64.